The number of benzene rings is 1. The molecule has 0 saturated carbocycles. The van der Waals surface area contributed by atoms with Crippen molar-refractivity contribution in [3.63, 3.8) is 0 Å². The summed E-state index contributed by atoms with van der Waals surface area (Å²) in [6.07, 6.45) is 0.454. The number of fused-ring (bicyclic) bond motifs is 1. The highest BCUT2D eigenvalue weighted by atomic mass is 16.5. The van der Waals surface area contributed by atoms with E-state index in [0.717, 1.165) is 17.0 Å². The van der Waals surface area contributed by atoms with Crippen molar-refractivity contribution in [3.05, 3.63) is 23.3 Å². The first-order valence-electron chi connectivity index (χ1n) is 5.43. The summed E-state index contributed by atoms with van der Waals surface area (Å²) in [7, 11) is 1.63. The highest BCUT2D eigenvalue weighted by Gasteiger charge is 2.25. The van der Waals surface area contributed by atoms with E-state index in [1.54, 1.807) is 7.11 Å². The van der Waals surface area contributed by atoms with Gasteiger partial charge in [-0.15, -0.1) is 0 Å². The molecule has 1 N–H and O–H groups in total. The van der Waals surface area contributed by atoms with E-state index < -0.39 is 0 Å². The molecule has 0 aromatic heterocycles. The zero-order chi connectivity index (χ0) is 11.9. The second kappa shape index (κ2) is 3.51. The average molecular weight is 219 g/mol. The summed E-state index contributed by atoms with van der Waals surface area (Å²) < 4.78 is 5.33. The van der Waals surface area contributed by atoms with Gasteiger partial charge < -0.3 is 10.1 Å². The van der Waals surface area contributed by atoms with Crippen LogP contribution in [0.5, 0.6) is 5.75 Å². The molecule has 86 valence electrons. The zero-order valence-corrected chi connectivity index (χ0v) is 10.2. The van der Waals surface area contributed by atoms with Crippen LogP contribution < -0.4 is 10.1 Å². The largest absolute Gasteiger partial charge is 0.495 e. The van der Waals surface area contributed by atoms with Gasteiger partial charge in [0.25, 0.3) is 0 Å². The Balaban J connectivity index is 2.55. The summed E-state index contributed by atoms with van der Waals surface area (Å²) in [6.45, 7) is 6.45. The first kappa shape index (κ1) is 11.0. The lowest BCUT2D eigenvalue weighted by Gasteiger charge is -2.21. The smallest absolute Gasteiger partial charge is 0.228 e. The van der Waals surface area contributed by atoms with Crippen molar-refractivity contribution in [2.75, 3.05) is 12.4 Å². The number of carbonyl (C=O) groups excluding carboxylic acids is 1. The van der Waals surface area contributed by atoms with E-state index in [1.807, 2.05) is 6.07 Å². The fourth-order valence-corrected chi connectivity index (χ4v) is 1.91. The van der Waals surface area contributed by atoms with E-state index >= 15 is 0 Å². The van der Waals surface area contributed by atoms with Gasteiger partial charge in [0.15, 0.2) is 0 Å². The highest BCUT2D eigenvalue weighted by Crippen LogP contribution is 2.37. The lowest BCUT2D eigenvalue weighted by molar-refractivity contribution is -0.115. The fraction of sp³-hybridized carbons (Fsp3) is 0.462. The number of rotatable bonds is 1. The van der Waals surface area contributed by atoms with Crippen molar-refractivity contribution >= 4 is 11.6 Å². The number of amides is 1. The van der Waals surface area contributed by atoms with Gasteiger partial charge in [-0.25, -0.2) is 0 Å². The Morgan fingerprint density at radius 2 is 2.00 bits per heavy atom. The van der Waals surface area contributed by atoms with Gasteiger partial charge in [0.1, 0.15) is 5.75 Å². The van der Waals surface area contributed by atoms with Gasteiger partial charge in [-0.1, -0.05) is 26.8 Å². The maximum absolute atomic E-state index is 11.4. The molecule has 3 heteroatoms. The van der Waals surface area contributed by atoms with Crippen molar-refractivity contribution < 1.29 is 9.53 Å². The number of nitrogens with one attached hydrogen (secondary N) is 1. The SMILES string of the molecule is COc1cc(C(C)(C)C)cc2c1NC(=O)C2. The highest BCUT2D eigenvalue weighted by molar-refractivity contribution is 6.01. The molecular weight excluding hydrogens is 202 g/mol. The molecule has 1 aromatic carbocycles. The minimum atomic E-state index is 0.0411. The third kappa shape index (κ3) is 1.77. The van der Waals surface area contributed by atoms with E-state index in [2.05, 4.69) is 32.2 Å². The maximum atomic E-state index is 11.4. The summed E-state index contributed by atoms with van der Waals surface area (Å²) in [6, 6.07) is 4.10. The zero-order valence-electron chi connectivity index (χ0n) is 10.2. The number of methoxy groups -OCH3 is 1. The second-order valence-electron chi connectivity index (χ2n) is 5.19. The predicted octanol–water partition coefficient (Wildman–Crippen LogP) is 2.49. The van der Waals surface area contributed by atoms with E-state index in [1.165, 1.54) is 5.56 Å². The lowest BCUT2D eigenvalue weighted by Crippen LogP contribution is -2.11. The average Bonchev–Trinajstić information content (AvgIpc) is 2.54. The van der Waals surface area contributed by atoms with Crippen LogP contribution in [0.4, 0.5) is 5.69 Å². The van der Waals surface area contributed by atoms with Crippen LogP contribution in [0.3, 0.4) is 0 Å². The summed E-state index contributed by atoms with van der Waals surface area (Å²) in [5.74, 6) is 0.799. The maximum Gasteiger partial charge on any atom is 0.228 e. The summed E-state index contributed by atoms with van der Waals surface area (Å²) in [5, 5.41) is 2.83. The number of hydrogen-bond acceptors (Lipinski definition) is 2. The van der Waals surface area contributed by atoms with Crippen molar-refractivity contribution in [1.29, 1.82) is 0 Å². The molecule has 1 amide bonds. The third-order valence-corrected chi connectivity index (χ3v) is 2.89. The van der Waals surface area contributed by atoms with E-state index in [4.69, 9.17) is 4.74 Å². The molecule has 16 heavy (non-hydrogen) atoms. The fourth-order valence-electron chi connectivity index (χ4n) is 1.91. The van der Waals surface area contributed by atoms with Crippen LogP contribution in [0.2, 0.25) is 0 Å². The third-order valence-electron chi connectivity index (χ3n) is 2.89. The Morgan fingerprint density at radius 3 is 2.56 bits per heavy atom. The van der Waals surface area contributed by atoms with Crippen LogP contribution in [0.1, 0.15) is 31.9 Å². The molecule has 0 radical (unpaired) electrons. The van der Waals surface area contributed by atoms with Gasteiger partial charge in [0, 0.05) is 0 Å². The number of anilines is 1. The first-order valence-corrected chi connectivity index (χ1v) is 5.43. The van der Waals surface area contributed by atoms with Crippen LogP contribution in [0, 0.1) is 0 Å². The van der Waals surface area contributed by atoms with Crippen LogP contribution in [0.15, 0.2) is 12.1 Å². The molecule has 0 spiro atoms. The molecular formula is C13H17NO2. The second-order valence-corrected chi connectivity index (χ2v) is 5.19. The molecule has 0 aliphatic carbocycles. The Kier molecular flexibility index (Phi) is 2.41. The van der Waals surface area contributed by atoms with E-state index in [0.29, 0.717) is 6.42 Å². The summed E-state index contributed by atoms with van der Waals surface area (Å²) >= 11 is 0. The van der Waals surface area contributed by atoms with Gasteiger partial charge >= 0.3 is 0 Å². The molecule has 2 rings (SSSR count). The minimum absolute atomic E-state index is 0.0411. The molecule has 0 bridgehead atoms. The standard InChI is InChI=1S/C13H17NO2/c1-13(2,3)9-5-8-6-11(15)14-12(8)10(7-9)16-4/h5,7H,6H2,1-4H3,(H,14,15). The van der Waals surface area contributed by atoms with Crippen LogP contribution in [0.25, 0.3) is 0 Å². The molecule has 1 aliphatic heterocycles. The molecule has 0 fully saturated rings. The normalized spacial score (nSPS) is 14.6. The van der Waals surface area contributed by atoms with Gasteiger partial charge in [0.05, 0.1) is 19.2 Å². The van der Waals surface area contributed by atoms with Crippen molar-refractivity contribution in [2.24, 2.45) is 0 Å². The van der Waals surface area contributed by atoms with Gasteiger partial charge in [-0.2, -0.15) is 0 Å². The van der Waals surface area contributed by atoms with Crippen LogP contribution in [-0.2, 0) is 16.6 Å². The topological polar surface area (TPSA) is 38.3 Å². The number of ether oxygens (including phenoxy) is 1. The van der Waals surface area contributed by atoms with E-state index in [-0.39, 0.29) is 11.3 Å². The Morgan fingerprint density at radius 1 is 1.31 bits per heavy atom. The molecule has 1 aromatic rings. The van der Waals surface area contributed by atoms with Crippen molar-refractivity contribution in [3.8, 4) is 5.75 Å². The predicted molar refractivity (Wildman–Crippen MR) is 64.0 cm³/mol. The van der Waals surface area contributed by atoms with Crippen molar-refractivity contribution in [1.82, 2.24) is 0 Å². The molecule has 1 aliphatic rings. The summed E-state index contributed by atoms with van der Waals surface area (Å²) in [4.78, 5) is 11.4. The van der Waals surface area contributed by atoms with Gasteiger partial charge in [-0.05, 0) is 22.6 Å². The quantitative estimate of drug-likeness (QED) is 0.788. The van der Waals surface area contributed by atoms with Crippen LogP contribution in [-0.4, -0.2) is 13.0 Å². The molecule has 3 nitrogen and oxygen atoms in total. The van der Waals surface area contributed by atoms with E-state index in [9.17, 15) is 4.79 Å². The Labute approximate surface area is 95.8 Å². The van der Waals surface area contributed by atoms with Crippen molar-refractivity contribution in [2.45, 2.75) is 32.6 Å². The van der Waals surface area contributed by atoms with Gasteiger partial charge in [-0.3, -0.25) is 4.79 Å². The van der Waals surface area contributed by atoms with Crippen LogP contribution >= 0.6 is 0 Å². The first-order chi connectivity index (χ1) is 7.41. The molecule has 0 saturated heterocycles. The molecule has 0 unspecified atom stereocenters. The lowest BCUT2D eigenvalue weighted by atomic mass is 9.85. The number of carbonyl (C=O) groups is 1. The van der Waals surface area contributed by atoms with Gasteiger partial charge in [0.2, 0.25) is 5.91 Å². The monoisotopic (exact) mass is 219 g/mol. The Hall–Kier alpha value is -1.51. The Bertz CT molecular complexity index is 444. The minimum Gasteiger partial charge on any atom is -0.495 e. The summed E-state index contributed by atoms with van der Waals surface area (Å²) in [5.41, 5.74) is 3.13. The molecule has 0 atom stereocenters. The molecule has 1 heterocycles. The number of hydrogen-bond donors (Lipinski definition) is 1.